The smallest absolute Gasteiger partial charge is 0.332 e. The zero-order valence-electron chi connectivity index (χ0n) is 7.70. The van der Waals surface area contributed by atoms with Crippen LogP contribution in [0.1, 0.15) is 6.92 Å². The maximum atomic E-state index is 10.3. The van der Waals surface area contributed by atoms with Crippen LogP contribution in [0, 0.1) is 0 Å². The van der Waals surface area contributed by atoms with E-state index in [4.69, 9.17) is 5.11 Å². The summed E-state index contributed by atoms with van der Waals surface area (Å²) in [6, 6.07) is -0.0995. The van der Waals surface area contributed by atoms with Gasteiger partial charge in [-0.2, -0.15) is 0 Å². The molecule has 4 N–H and O–H groups in total. The Bertz CT molecular complexity index is 159. The highest BCUT2D eigenvalue weighted by Crippen LogP contribution is 2.03. The van der Waals surface area contributed by atoms with Crippen molar-refractivity contribution in [2.45, 2.75) is 13.0 Å². The van der Waals surface area contributed by atoms with Crippen LogP contribution in [0.3, 0.4) is 0 Å². The van der Waals surface area contributed by atoms with Gasteiger partial charge >= 0.3 is 5.97 Å². The van der Waals surface area contributed by atoms with Crippen molar-refractivity contribution in [3.63, 3.8) is 0 Å². The summed E-state index contributed by atoms with van der Waals surface area (Å²) in [5.74, 6) is -0.929. The molecule has 0 fully saturated rings. The Hall–Kier alpha value is -0.580. The van der Waals surface area contributed by atoms with Gasteiger partial charge in [0, 0.05) is 11.6 Å². The standard InChI is InChI=1S/C7H13NO2.ClH.H3N/c1-5(7(9)10)6(2)8(3)4;;/h6H,1H2,2-4H3,(H,9,10);1H;1H3. The van der Waals surface area contributed by atoms with E-state index in [1.54, 1.807) is 11.8 Å². The molecule has 0 spiro atoms. The lowest BCUT2D eigenvalue weighted by Crippen LogP contribution is -2.29. The summed E-state index contributed by atoms with van der Waals surface area (Å²) in [6.45, 7) is 5.24. The molecule has 0 bridgehead atoms. The summed E-state index contributed by atoms with van der Waals surface area (Å²) in [5.41, 5.74) is 0.227. The maximum absolute atomic E-state index is 10.3. The summed E-state index contributed by atoms with van der Waals surface area (Å²) in [7, 11) is 3.64. The molecule has 0 aliphatic carbocycles. The summed E-state index contributed by atoms with van der Waals surface area (Å²) in [4.78, 5) is 12.1. The highest BCUT2D eigenvalue weighted by atomic mass is 35.5. The lowest BCUT2D eigenvalue weighted by molar-refractivity contribution is -0.133. The zero-order valence-corrected chi connectivity index (χ0v) is 8.52. The van der Waals surface area contributed by atoms with E-state index in [1.165, 1.54) is 0 Å². The van der Waals surface area contributed by atoms with Crippen LogP contribution in [0.2, 0.25) is 0 Å². The molecule has 0 rings (SSSR count). The quantitative estimate of drug-likeness (QED) is 0.665. The molecule has 12 heavy (non-hydrogen) atoms. The monoisotopic (exact) mass is 196 g/mol. The van der Waals surface area contributed by atoms with Crippen LogP contribution < -0.4 is 6.15 Å². The van der Waals surface area contributed by atoms with Gasteiger partial charge in [-0.15, -0.1) is 12.4 Å². The van der Waals surface area contributed by atoms with Crippen molar-refractivity contribution in [1.29, 1.82) is 0 Å². The van der Waals surface area contributed by atoms with Crippen molar-refractivity contribution in [2.75, 3.05) is 14.1 Å². The van der Waals surface area contributed by atoms with Gasteiger partial charge in [0.25, 0.3) is 0 Å². The highest BCUT2D eigenvalue weighted by molar-refractivity contribution is 5.87. The van der Waals surface area contributed by atoms with Crippen molar-refractivity contribution < 1.29 is 9.90 Å². The van der Waals surface area contributed by atoms with E-state index in [-0.39, 0.29) is 30.2 Å². The number of nitrogens with zero attached hydrogens (tertiary/aromatic N) is 1. The molecule has 4 nitrogen and oxygen atoms in total. The van der Waals surface area contributed by atoms with E-state index >= 15 is 0 Å². The summed E-state index contributed by atoms with van der Waals surface area (Å²) in [6.07, 6.45) is 0. The number of rotatable bonds is 3. The zero-order chi connectivity index (χ0) is 8.31. The van der Waals surface area contributed by atoms with Crippen molar-refractivity contribution >= 4 is 18.4 Å². The van der Waals surface area contributed by atoms with E-state index in [1.807, 2.05) is 14.1 Å². The second-order valence-electron chi connectivity index (χ2n) is 2.47. The van der Waals surface area contributed by atoms with Crippen LogP contribution in [-0.2, 0) is 4.79 Å². The van der Waals surface area contributed by atoms with Crippen molar-refractivity contribution in [2.24, 2.45) is 0 Å². The third kappa shape index (κ3) is 5.12. The third-order valence-corrected chi connectivity index (χ3v) is 1.55. The minimum absolute atomic E-state index is 0. The maximum Gasteiger partial charge on any atom is 0.332 e. The van der Waals surface area contributed by atoms with Gasteiger partial charge in [0.05, 0.1) is 0 Å². The lowest BCUT2D eigenvalue weighted by Gasteiger charge is -2.18. The molecule has 0 saturated heterocycles. The molecule has 0 aromatic carbocycles. The van der Waals surface area contributed by atoms with Crippen LogP contribution in [-0.4, -0.2) is 36.1 Å². The van der Waals surface area contributed by atoms with E-state index in [2.05, 4.69) is 6.58 Å². The fourth-order valence-electron chi connectivity index (χ4n) is 0.490. The Morgan fingerprint density at radius 1 is 1.50 bits per heavy atom. The summed E-state index contributed by atoms with van der Waals surface area (Å²) >= 11 is 0. The van der Waals surface area contributed by atoms with E-state index in [0.717, 1.165) is 0 Å². The number of carboxylic acid groups (broad SMARTS) is 1. The molecular weight excluding hydrogens is 180 g/mol. The number of hydrogen-bond acceptors (Lipinski definition) is 3. The SMILES string of the molecule is C=C(C(=O)O)C(C)N(C)C.Cl.N. The minimum Gasteiger partial charge on any atom is -0.478 e. The number of likely N-dealkylation sites (N-methyl/N-ethyl adjacent to an activating group) is 1. The largest absolute Gasteiger partial charge is 0.478 e. The third-order valence-electron chi connectivity index (χ3n) is 1.55. The first-order valence-electron chi connectivity index (χ1n) is 3.05. The highest BCUT2D eigenvalue weighted by Gasteiger charge is 2.14. The van der Waals surface area contributed by atoms with Gasteiger partial charge in [0.2, 0.25) is 0 Å². The lowest BCUT2D eigenvalue weighted by atomic mass is 10.1. The van der Waals surface area contributed by atoms with Crippen LogP contribution in [0.25, 0.3) is 0 Å². The normalized spacial score (nSPS) is 11.0. The molecule has 0 radical (unpaired) electrons. The molecule has 1 atom stereocenters. The fraction of sp³-hybridized carbons (Fsp3) is 0.571. The molecule has 0 saturated carbocycles. The summed E-state index contributed by atoms with van der Waals surface area (Å²) in [5, 5.41) is 8.48. The van der Waals surface area contributed by atoms with Gasteiger partial charge in [-0.25, -0.2) is 4.79 Å². The molecule has 0 aliphatic rings. The first-order valence-corrected chi connectivity index (χ1v) is 3.05. The predicted octanol–water partition coefficient (Wildman–Crippen LogP) is 1.16. The molecule has 5 heteroatoms. The number of carbonyl (C=O) groups is 1. The van der Waals surface area contributed by atoms with Crippen LogP contribution in [0.4, 0.5) is 0 Å². The van der Waals surface area contributed by atoms with E-state index in [0.29, 0.717) is 0 Å². The van der Waals surface area contributed by atoms with E-state index in [9.17, 15) is 4.79 Å². The van der Waals surface area contributed by atoms with Crippen molar-refractivity contribution in [1.82, 2.24) is 11.1 Å². The average Bonchev–Trinajstić information content (AvgIpc) is 1.84. The molecular formula is C7H17ClN2O2. The summed E-state index contributed by atoms with van der Waals surface area (Å²) < 4.78 is 0. The molecule has 1 unspecified atom stereocenters. The van der Waals surface area contributed by atoms with Gasteiger partial charge in [0.15, 0.2) is 0 Å². The Kier molecular flexibility index (Phi) is 10.3. The number of aliphatic carboxylic acids is 1. The van der Waals surface area contributed by atoms with Gasteiger partial charge in [-0.1, -0.05) is 6.58 Å². The fourth-order valence-corrected chi connectivity index (χ4v) is 0.490. The van der Waals surface area contributed by atoms with Crippen LogP contribution in [0.5, 0.6) is 0 Å². The number of halogens is 1. The van der Waals surface area contributed by atoms with E-state index < -0.39 is 5.97 Å². The molecule has 0 aromatic heterocycles. The molecule has 0 heterocycles. The molecule has 0 aliphatic heterocycles. The Morgan fingerprint density at radius 2 is 1.83 bits per heavy atom. The van der Waals surface area contributed by atoms with Crippen LogP contribution >= 0.6 is 12.4 Å². The Balaban J connectivity index is -0.000000405. The second-order valence-corrected chi connectivity index (χ2v) is 2.47. The topological polar surface area (TPSA) is 75.5 Å². The number of carboxylic acids is 1. The minimum atomic E-state index is -0.929. The Labute approximate surface area is 79.2 Å². The second kappa shape index (κ2) is 7.09. The van der Waals surface area contributed by atoms with Crippen LogP contribution in [0.15, 0.2) is 12.2 Å². The first-order chi connectivity index (χ1) is 4.46. The number of hydrogen-bond donors (Lipinski definition) is 2. The van der Waals surface area contributed by atoms with Gasteiger partial charge in [-0.3, -0.25) is 0 Å². The van der Waals surface area contributed by atoms with Gasteiger partial charge in [0.1, 0.15) is 0 Å². The molecule has 74 valence electrons. The average molecular weight is 197 g/mol. The van der Waals surface area contributed by atoms with Gasteiger partial charge < -0.3 is 16.2 Å². The molecule has 0 amide bonds. The van der Waals surface area contributed by atoms with Crippen molar-refractivity contribution in [3.8, 4) is 0 Å². The molecule has 0 aromatic rings. The predicted molar refractivity (Wildman–Crippen MR) is 52.2 cm³/mol. The van der Waals surface area contributed by atoms with Crippen molar-refractivity contribution in [3.05, 3.63) is 12.2 Å². The van der Waals surface area contributed by atoms with Gasteiger partial charge in [-0.05, 0) is 21.0 Å². The Morgan fingerprint density at radius 3 is 1.92 bits per heavy atom. The first kappa shape index (κ1) is 17.5.